The molecule has 0 radical (unpaired) electrons. The summed E-state index contributed by atoms with van der Waals surface area (Å²) in [6.07, 6.45) is 4.14. The Kier molecular flexibility index (Phi) is 3.33. The van der Waals surface area contributed by atoms with Crippen molar-refractivity contribution < 1.29 is 9.18 Å². The van der Waals surface area contributed by atoms with Gasteiger partial charge in [0.25, 0.3) is 5.91 Å². The van der Waals surface area contributed by atoms with Crippen molar-refractivity contribution in [3.05, 3.63) is 71.6 Å². The Bertz CT molecular complexity index is 661. The molecule has 0 saturated heterocycles. The third-order valence-electron chi connectivity index (χ3n) is 3.44. The number of rotatable bonds is 2. The van der Waals surface area contributed by atoms with Crippen molar-refractivity contribution in [1.29, 1.82) is 0 Å². The van der Waals surface area contributed by atoms with Crippen molar-refractivity contribution in [2.75, 3.05) is 11.4 Å². The quantitative estimate of drug-likeness (QED) is 0.763. The van der Waals surface area contributed by atoms with E-state index in [2.05, 4.69) is 0 Å². The molecule has 20 heavy (non-hydrogen) atoms. The van der Waals surface area contributed by atoms with E-state index in [9.17, 15) is 9.18 Å². The molecule has 0 N–H and O–H groups in total. The second kappa shape index (κ2) is 5.29. The van der Waals surface area contributed by atoms with Crippen molar-refractivity contribution in [1.82, 2.24) is 0 Å². The number of hydrogen-bond donors (Lipinski definition) is 0. The minimum absolute atomic E-state index is 0.0423. The van der Waals surface area contributed by atoms with Gasteiger partial charge in [-0.1, -0.05) is 30.3 Å². The summed E-state index contributed by atoms with van der Waals surface area (Å²) in [5.41, 5.74) is 3.00. The van der Waals surface area contributed by atoms with Gasteiger partial charge in [-0.25, -0.2) is 4.39 Å². The zero-order valence-electron chi connectivity index (χ0n) is 10.9. The third kappa shape index (κ3) is 2.48. The molecule has 0 aromatic heterocycles. The molecule has 0 spiro atoms. The zero-order valence-corrected chi connectivity index (χ0v) is 10.9. The van der Waals surface area contributed by atoms with Gasteiger partial charge in [-0.2, -0.15) is 0 Å². The van der Waals surface area contributed by atoms with E-state index in [1.807, 2.05) is 24.3 Å². The van der Waals surface area contributed by atoms with Crippen LogP contribution in [0, 0.1) is 5.82 Å². The summed E-state index contributed by atoms with van der Waals surface area (Å²) in [5.74, 6) is -0.318. The van der Waals surface area contributed by atoms with E-state index in [0.717, 1.165) is 17.7 Å². The molecule has 3 heteroatoms. The van der Waals surface area contributed by atoms with Gasteiger partial charge in [0.1, 0.15) is 5.82 Å². The lowest BCUT2D eigenvalue weighted by Crippen LogP contribution is -2.26. The molecule has 1 aliphatic heterocycles. The Morgan fingerprint density at radius 2 is 1.85 bits per heavy atom. The summed E-state index contributed by atoms with van der Waals surface area (Å²) < 4.78 is 12.8. The number of carbonyl (C=O) groups excluding carboxylic acids is 1. The predicted octanol–water partition coefficient (Wildman–Crippen LogP) is 3.43. The van der Waals surface area contributed by atoms with E-state index in [0.29, 0.717) is 6.54 Å². The average molecular weight is 267 g/mol. The van der Waals surface area contributed by atoms with Crippen LogP contribution < -0.4 is 4.90 Å². The van der Waals surface area contributed by atoms with Crippen molar-refractivity contribution >= 4 is 17.7 Å². The molecule has 0 atom stereocenters. The van der Waals surface area contributed by atoms with Crippen molar-refractivity contribution in [2.45, 2.75) is 6.42 Å². The van der Waals surface area contributed by atoms with Gasteiger partial charge in [-0.15, -0.1) is 0 Å². The number of anilines is 1. The molecule has 0 aliphatic carbocycles. The van der Waals surface area contributed by atoms with E-state index >= 15 is 0 Å². The van der Waals surface area contributed by atoms with Crippen LogP contribution in [0.4, 0.5) is 10.1 Å². The third-order valence-corrected chi connectivity index (χ3v) is 3.44. The number of nitrogens with zero attached hydrogens (tertiary/aromatic N) is 1. The minimum Gasteiger partial charge on any atom is -0.308 e. The molecule has 100 valence electrons. The molecule has 0 bridgehead atoms. The van der Waals surface area contributed by atoms with Crippen LogP contribution in [0.15, 0.2) is 54.6 Å². The molecular formula is C17H14FNO. The SMILES string of the molecule is O=C(C=Cc1ccc(F)cc1)N1CCc2ccccc21. The number of fused-ring (bicyclic) bond motifs is 1. The van der Waals surface area contributed by atoms with Crippen molar-refractivity contribution in [2.24, 2.45) is 0 Å². The normalized spacial score (nSPS) is 13.8. The Morgan fingerprint density at radius 3 is 2.65 bits per heavy atom. The summed E-state index contributed by atoms with van der Waals surface area (Å²) in [5, 5.41) is 0. The lowest BCUT2D eigenvalue weighted by Gasteiger charge is -2.14. The number of amides is 1. The summed E-state index contributed by atoms with van der Waals surface area (Å²) in [6.45, 7) is 0.714. The average Bonchev–Trinajstić information content (AvgIpc) is 2.90. The van der Waals surface area contributed by atoms with Crippen LogP contribution in [0.3, 0.4) is 0 Å². The lowest BCUT2D eigenvalue weighted by atomic mass is 10.2. The maximum atomic E-state index is 12.8. The van der Waals surface area contributed by atoms with E-state index in [-0.39, 0.29) is 11.7 Å². The molecule has 1 heterocycles. The maximum absolute atomic E-state index is 12.8. The van der Waals surface area contributed by atoms with E-state index in [1.54, 1.807) is 23.1 Å². The standard InChI is InChI=1S/C17H14FNO/c18-15-8-5-13(6-9-15)7-10-17(20)19-12-11-14-3-1-2-4-16(14)19/h1-10H,11-12H2. The van der Waals surface area contributed by atoms with Crippen molar-refractivity contribution in [3.63, 3.8) is 0 Å². The highest BCUT2D eigenvalue weighted by Gasteiger charge is 2.22. The lowest BCUT2D eigenvalue weighted by molar-refractivity contribution is -0.114. The Morgan fingerprint density at radius 1 is 1.10 bits per heavy atom. The van der Waals surface area contributed by atoms with Gasteiger partial charge in [0.05, 0.1) is 0 Å². The second-order valence-electron chi connectivity index (χ2n) is 4.75. The van der Waals surface area contributed by atoms with Crippen LogP contribution in [0.1, 0.15) is 11.1 Å². The zero-order chi connectivity index (χ0) is 13.9. The summed E-state index contributed by atoms with van der Waals surface area (Å²) in [7, 11) is 0. The fourth-order valence-corrected chi connectivity index (χ4v) is 2.40. The van der Waals surface area contributed by atoms with Gasteiger partial charge >= 0.3 is 0 Å². The number of halogens is 1. The van der Waals surface area contributed by atoms with Gasteiger partial charge in [0, 0.05) is 18.3 Å². The fourth-order valence-electron chi connectivity index (χ4n) is 2.40. The molecule has 0 unspecified atom stereocenters. The fraction of sp³-hybridized carbons (Fsp3) is 0.118. The van der Waals surface area contributed by atoms with Gasteiger partial charge in [-0.3, -0.25) is 4.79 Å². The highest BCUT2D eigenvalue weighted by molar-refractivity contribution is 6.05. The molecule has 0 saturated carbocycles. The first-order chi connectivity index (χ1) is 9.74. The van der Waals surface area contributed by atoms with Gasteiger partial charge in [-0.05, 0) is 41.8 Å². The summed E-state index contributed by atoms with van der Waals surface area (Å²) >= 11 is 0. The van der Waals surface area contributed by atoms with Gasteiger partial charge in [0.2, 0.25) is 0 Å². The smallest absolute Gasteiger partial charge is 0.251 e. The highest BCUT2D eigenvalue weighted by atomic mass is 19.1. The Hall–Kier alpha value is -2.42. The molecular weight excluding hydrogens is 253 g/mol. The largest absolute Gasteiger partial charge is 0.308 e. The van der Waals surface area contributed by atoms with E-state index in [4.69, 9.17) is 0 Å². The monoisotopic (exact) mass is 267 g/mol. The molecule has 2 nitrogen and oxygen atoms in total. The Labute approximate surface area is 117 Å². The van der Waals surface area contributed by atoms with Crippen LogP contribution in [0.25, 0.3) is 6.08 Å². The van der Waals surface area contributed by atoms with Crippen LogP contribution in [-0.2, 0) is 11.2 Å². The van der Waals surface area contributed by atoms with E-state index in [1.165, 1.54) is 23.8 Å². The molecule has 1 amide bonds. The summed E-state index contributed by atoms with van der Waals surface area (Å²) in [6, 6.07) is 14.0. The number of hydrogen-bond acceptors (Lipinski definition) is 1. The first kappa shape index (κ1) is 12.6. The molecule has 2 aromatic rings. The Balaban J connectivity index is 1.76. The topological polar surface area (TPSA) is 20.3 Å². The minimum atomic E-state index is -0.276. The van der Waals surface area contributed by atoms with Crippen LogP contribution in [0.5, 0.6) is 0 Å². The van der Waals surface area contributed by atoms with Gasteiger partial charge < -0.3 is 4.90 Å². The van der Waals surface area contributed by atoms with Crippen LogP contribution in [0.2, 0.25) is 0 Å². The van der Waals surface area contributed by atoms with Crippen LogP contribution >= 0.6 is 0 Å². The first-order valence-electron chi connectivity index (χ1n) is 6.57. The van der Waals surface area contributed by atoms with E-state index < -0.39 is 0 Å². The van der Waals surface area contributed by atoms with Crippen molar-refractivity contribution in [3.8, 4) is 0 Å². The maximum Gasteiger partial charge on any atom is 0.251 e. The highest BCUT2D eigenvalue weighted by Crippen LogP contribution is 2.27. The van der Waals surface area contributed by atoms with Gasteiger partial charge in [0.15, 0.2) is 0 Å². The number of para-hydroxylation sites is 1. The number of benzene rings is 2. The molecule has 0 fully saturated rings. The predicted molar refractivity (Wildman–Crippen MR) is 77.9 cm³/mol. The summed E-state index contributed by atoms with van der Waals surface area (Å²) in [4.78, 5) is 14.0. The molecule has 2 aromatic carbocycles. The molecule has 3 rings (SSSR count). The first-order valence-corrected chi connectivity index (χ1v) is 6.57. The van der Waals surface area contributed by atoms with Crippen LogP contribution in [-0.4, -0.2) is 12.5 Å². The molecule has 1 aliphatic rings. The second-order valence-corrected chi connectivity index (χ2v) is 4.75. The number of carbonyl (C=O) groups is 1.